The van der Waals surface area contributed by atoms with Crippen LogP contribution in [0.3, 0.4) is 0 Å². The smallest absolute Gasteiger partial charge is 0.240 e. The molecule has 0 unspecified atom stereocenters. The van der Waals surface area contributed by atoms with Crippen LogP contribution in [0.15, 0.2) is 44.4 Å². The third kappa shape index (κ3) is 3.04. The zero-order valence-corrected chi connectivity index (χ0v) is 15.0. The highest BCUT2D eigenvalue weighted by Gasteiger charge is 2.23. The van der Waals surface area contributed by atoms with Crippen LogP contribution in [-0.2, 0) is 16.6 Å². The lowest BCUT2D eigenvalue weighted by Gasteiger charge is -2.14. The third-order valence-electron chi connectivity index (χ3n) is 2.91. The Morgan fingerprint density at radius 3 is 2.62 bits per heavy atom. The number of thiophene rings is 1. The lowest BCUT2D eigenvalue weighted by atomic mass is 10.3. The van der Waals surface area contributed by atoms with E-state index in [0.29, 0.717) is 4.21 Å². The number of para-hydroxylation sites is 1. The Hall–Kier alpha value is -0.800. The van der Waals surface area contributed by atoms with Gasteiger partial charge in [-0.3, -0.25) is 0 Å². The molecule has 21 heavy (non-hydrogen) atoms. The number of halogens is 1. The Balaban J connectivity index is 1.87. The summed E-state index contributed by atoms with van der Waals surface area (Å²) in [6.45, 7) is 0.275. The van der Waals surface area contributed by atoms with Crippen molar-refractivity contribution in [2.24, 2.45) is 0 Å². The summed E-state index contributed by atoms with van der Waals surface area (Å²) in [6.07, 6.45) is 0. The fraction of sp³-hybridized carbons (Fsp3) is 0.154. The van der Waals surface area contributed by atoms with Gasteiger partial charge in [0.25, 0.3) is 10.0 Å². The van der Waals surface area contributed by atoms with E-state index in [1.54, 1.807) is 19.2 Å². The Bertz CT molecular complexity index is 853. The summed E-state index contributed by atoms with van der Waals surface area (Å²) in [5.74, 6) is 0. The first-order valence-corrected chi connectivity index (χ1v) is 9.89. The van der Waals surface area contributed by atoms with Crippen molar-refractivity contribution >= 4 is 58.8 Å². The molecule has 0 amide bonds. The number of thiazole rings is 1. The second-order valence-electron chi connectivity index (χ2n) is 4.39. The molecule has 0 spiro atoms. The molecule has 3 aromatic rings. The molecule has 0 aliphatic heterocycles. The van der Waals surface area contributed by atoms with Gasteiger partial charge in [-0.1, -0.05) is 12.1 Å². The maximum absolute atomic E-state index is 12.5. The molecule has 110 valence electrons. The molecule has 8 heteroatoms. The monoisotopic (exact) mass is 402 g/mol. The van der Waals surface area contributed by atoms with Crippen LogP contribution in [0.4, 0.5) is 0 Å². The molecule has 0 atom stereocenters. The summed E-state index contributed by atoms with van der Waals surface area (Å²) in [5, 5.41) is 0.790. The molecular formula is C13H11BrN2O2S3. The van der Waals surface area contributed by atoms with Gasteiger partial charge in [-0.25, -0.2) is 13.4 Å². The summed E-state index contributed by atoms with van der Waals surface area (Å²) in [6, 6.07) is 11.1. The second-order valence-corrected chi connectivity index (χ2v) is 10.2. The van der Waals surface area contributed by atoms with E-state index in [2.05, 4.69) is 20.9 Å². The van der Waals surface area contributed by atoms with Crippen LogP contribution in [0.25, 0.3) is 10.2 Å². The Kier molecular flexibility index (Phi) is 4.15. The van der Waals surface area contributed by atoms with E-state index in [9.17, 15) is 8.42 Å². The second kappa shape index (κ2) is 5.77. The highest BCUT2D eigenvalue weighted by molar-refractivity contribution is 9.11. The summed E-state index contributed by atoms with van der Waals surface area (Å²) in [4.78, 5) is 4.47. The van der Waals surface area contributed by atoms with Crippen LogP contribution in [0.1, 0.15) is 5.01 Å². The van der Waals surface area contributed by atoms with Gasteiger partial charge in [0.05, 0.1) is 20.5 Å². The average molecular weight is 403 g/mol. The molecular weight excluding hydrogens is 392 g/mol. The molecule has 2 aromatic heterocycles. The highest BCUT2D eigenvalue weighted by Crippen LogP contribution is 2.29. The van der Waals surface area contributed by atoms with Gasteiger partial charge in [-0.2, -0.15) is 4.31 Å². The van der Waals surface area contributed by atoms with Crippen molar-refractivity contribution in [1.82, 2.24) is 9.29 Å². The lowest BCUT2D eigenvalue weighted by Crippen LogP contribution is -2.25. The SMILES string of the molecule is CN(Cc1nc2ccccc2s1)S(=O)(=O)c1ccc(Br)s1. The topological polar surface area (TPSA) is 50.3 Å². The van der Waals surface area contributed by atoms with Gasteiger partial charge in [0, 0.05) is 7.05 Å². The molecule has 0 N–H and O–H groups in total. The molecule has 4 nitrogen and oxygen atoms in total. The van der Waals surface area contributed by atoms with Crippen LogP contribution in [-0.4, -0.2) is 24.8 Å². The zero-order valence-electron chi connectivity index (χ0n) is 11.0. The van der Waals surface area contributed by atoms with Crippen LogP contribution >= 0.6 is 38.6 Å². The van der Waals surface area contributed by atoms with Crippen LogP contribution < -0.4 is 0 Å². The number of fused-ring (bicyclic) bond motifs is 1. The van der Waals surface area contributed by atoms with Crippen LogP contribution in [0.2, 0.25) is 0 Å². The standard InChI is InChI=1S/C13H11BrN2O2S3/c1-16(21(17,18)13-7-6-11(14)20-13)8-12-15-9-4-2-3-5-10(9)19-12/h2-7H,8H2,1H3. The van der Waals surface area contributed by atoms with Gasteiger partial charge in [0.15, 0.2) is 0 Å². The largest absolute Gasteiger partial charge is 0.252 e. The van der Waals surface area contributed by atoms with Crippen LogP contribution in [0.5, 0.6) is 0 Å². The molecule has 3 rings (SSSR count). The Morgan fingerprint density at radius 1 is 1.19 bits per heavy atom. The quantitative estimate of drug-likeness (QED) is 0.663. The highest BCUT2D eigenvalue weighted by atomic mass is 79.9. The van der Waals surface area contributed by atoms with E-state index in [0.717, 1.165) is 19.0 Å². The first-order chi connectivity index (χ1) is 9.96. The molecule has 0 aliphatic rings. The summed E-state index contributed by atoms with van der Waals surface area (Å²) < 4.78 is 28.4. The van der Waals surface area contributed by atoms with E-state index >= 15 is 0 Å². The van der Waals surface area contributed by atoms with E-state index in [1.807, 2.05) is 24.3 Å². The molecule has 0 bridgehead atoms. The molecule has 0 fully saturated rings. The van der Waals surface area contributed by atoms with Crippen molar-refractivity contribution in [1.29, 1.82) is 0 Å². The summed E-state index contributed by atoms with van der Waals surface area (Å²) >= 11 is 6.02. The first-order valence-electron chi connectivity index (χ1n) is 6.03. The minimum absolute atomic E-state index is 0.275. The minimum Gasteiger partial charge on any atom is -0.240 e. The number of hydrogen-bond acceptors (Lipinski definition) is 5. The first kappa shape index (κ1) is 15.1. The molecule has 0 radical (unpaired) electrons. The lowest BCUT2D eigenvalue weighted by molar-refractivity contribution is 0.468. The average Bonchev–Trinajstić information content (AvgIpc) is 3.04. The molecule has 0 saturated carbocycles. The summed E-state index contributed by atoms with van der Waals surface area (Å²) in [5.41, 5.74) is 0.905. The van der Waals surface area contributed by atoms with Gasteiger partial charge in [0.2, 0.25) is 0 Å². The van der Waals surface area contributed by atoms with Gasteiger partial charge in [-0.15, -0.1) is 22.7 Å². The Morgan fingerprint density at radius 2 is 1.95 bits per heavy atom. The fourth-order valence-electron chi connectivity index (χ4n) is 1.85. The Labute approximate surface area is 139 Å². The van der Waals surface area contributed by atoms with Crippen molar-refractivity contribution in [3.63, 3.8) is 0 Å². The maximum atomic E-state index is 12.5. The number of benzene rings is 1. The van der Waals surface area contributed by atoms with Crippen molar-refractivity contribution in [2.45, 2.75) is 10.8 Å². The van der Waals surface area contributed by atoms with Crippen molar-refractivity contribution in [3.8, 4) is 0 Å². The van der Waals surface area contributed by atoms with E-state index in [4.69, 9.17) is 0 Å². The zero-order chi connectivity index (χ0) is 15.0. The van der Waals surface area contributed by atoms with Gasteiger partial charge in [-0.05, 0) is 40.2 Å². The van der Waals surface area contributed by atoms with Crippen molar-refractivity contribution in [2.75, 3.05) is 7.05 Å². The number of aromatic nitrogens is 1. The van der Waals surface area contributed by atoms with Crippen molar-refractivity contribution in [3.05, 3.63) is 45.2 Å². The van der Waals surface area contributed by atoms with Gasteiger partial charge < -0.3 is 0 Å². The number of sulfonamides is 1. The number of rotatable bonds is 4. The van der Waals surface area contributed by atoms with Gasteiger partial charge in [0.1, 0.15) is 9.22 Å². The van der Waals surface area contributed by atoms with E-state index in [-0.39, 0.29) is 6.54 Å². The molecule has 1 aromatic carbocycles. The molecule has 0 saturated heterocycles. The number of nitrogens with zero attached hydrogens (tertiary/aromatic N) is 2. The van der Waals surface area contributed by atoms with Crippen molar-refractivity contribution < 1.29 is 8.42 Å². The van der Waals surface area contributed by atoms with E-state index in [1.165, 1.54) is 27.0 Å². The molecule has 2 heterocycles. The third-order valence-corrected chi connectivity index (χ3v) is 7.82. The number of hydrogen-bond donors (Lipinski definition) is 0. The summed E-state index contributed by atoms with van der Waals surface area (Å²) in [7, 11) is -1.89. The predicted octanol–water partition coefficient (Wildman–Crippen LogP) is 3.94. The minimum atomic E-state index is -3.47. The normalized spacial score (nSPS) is 12.3. The van der Waals surface area contributed by atoms with E-state index < -0.39 is 10.0 Å². The van der Waals surface area contributed by atoms with Gasteiger partial charge >= 0.3 is 0 Å². The predicted molar refractivity (Wildman–Crippen MR) is 90.3 cm³/mol. The van der Waals surface area contributed by atoms with Crippen LogP contribution in [0, 0.1) is 0 Å². The fourth-order valence-corrected chi connectivity index (χ4v) is 6.31. The maximum Gasteiger partial charge on any atom is 0.252 e. The molecule has 0 aliphatic carbocycles.